The predicted molar refractivity (Wildman–Crippen MR) is 117 cm³/mol. The third-order valence-electron chi connectivity index (χ3n) is 6.49. The van der Waals surface area contributed by atoms with Gasteiger partial charge in [-0.1, -0.05) is 30.3 Å². The first-order valence-corrected chi connectivity index (χ1v) is 11.3. The van der Waals surface area contributed by atoms with E-state index in [-0.39, 0.29) is 11.8 Å². The predicted octanol–water partition coefficient (Wildman–Crippen LogP) is 2.96. The number of rotatable bonds is 6. The van der Waals surface area contributed by atoms with Crippen LogP contribution in [0.5, 0.6) is 0 Å². The monoisotopic (exact) mass is 424 g/mol. The van der Waals surface area contributed by atoms with Gasteiger partial charge in [0.15, 0.2) is 6.39 Å². The van der Waals surface area contributed by atoms with Crippen molar-refractivity contribution in [1.82, 2.24) is 19.7 Å². The first-order chi connectivity index (χ1) is 15.1. The van der Waals surface area contributed by atoms with Crippen molar-refractivity contribution in [3.8, 4) is 0 Å². The molecule has 1 aromatic carbocycles. The molecule has 2 amide bonds. The van der Waals surface area contributed by atoms with Crippen LogP contribution < -0.4 is 0 Å². The van der Waals surface area contributed by atoms with Crippen LogP contribution in [0.1, 0.15) is 47.5 Å². The molecule has 2 aliphatic rings. The van der Waals surface area contributed by atoms with Gasteiger partial charge in [-0.3, -0.25) is 14.5 Å². The van der Waals surface area contributed by atoms with Crippen molar-refractivity contribution in [3.63, 3.8) is 0 Å². The highest BCUT2D eigenvalue weighted by atomic mass is 16.3. The van der Waals surface area contributed by atoms with Crippen LogP contribution >= 0.6 is 0 Å². The molecule has 2 aliphatic heterocycles. The minimum Gasteiger partial charge on any atom is -0.438 e. The molecule has 166 valence electrons. The second-order valence-electron chi connectivity index (χ2n) is 8.71. The Kier molecular flexibility index (Phi) is 7.02. The maximum Gasteiger partial charge on any atom is 0.291 e. The molecule has 1 aromatic heterocycles. The van der Waals surface area contributed by atoms with Crippen molar-refractivity contribution in [2.45, 2.75) is 39.2 Å². The summed E-state index contributed by atoms with van der Waals surface area (Å²) >= 11 is 0. The maximum absolute atomic E-state index is 12.8. The molecule has 4 rings (SSSR count). The lowest BCUT2D eigenvalue weighted by Crippen LogP contribution is -2.48. The second kappa shape index (κ2) is 10.1. The van der Waals surface area contributed by atoms with E-state index >= 15 is 0 Å². The van der Waals surface area contributed by atoms with Crippen molar-refractivity contribution in [2.75, 3.05) is 39.3 Å². The average molecular weight is 425 g/mol. The molecule has 2 aromatic rings. The van der Waals surface area contributed by atoms with E-state index in [2.05, 4.69) is 34.1 Å². The fraction of sp³-hybridized carbons (Fsp3) is 0.542. The molecule has 1 atom stereocenters. The van der Waals surface area contributed by atoms with Crippen LogP contribution in [0.2, 0.25) is 0 Å². The third-order valence-corrected chi connectivity index (χ3v) is 6.49. The number of amides is 2. The number of hydrogen-bond acceptors (Lipinski definition) is 5. The van der Waals surface area contributed by atoms with Crippen molar-refractivity contribution in [3.05, 3.63) is 53.7 Å². The van der Waals surface area contributed by atoms with Gasteiger partial charge < -0.3 is 14.2 Å². The van der Waals surface area contributed by atoms with Crippen LogP contribution in [-0.4, -0.2) is 70.8 Å². The number of carbonyl (C=O) groups is 2. The van der Waals surface area contributed by atoms with Crippen LogP contribution in [0.25, 0.3) is 0 Å². The number of piperidine rings is 1. The minimum atomic E-state index is -0.0828. The van der Waals surface area contributed by atoms with E-state index in [1.165, 1.54) is 12.0 Å². The summed E-state index contributed by atoms with van der Waals surface area (Å²) in [6.07, 6.45) is 4.75. The van der Waals surface area contributed by atoms with Gasteiger partial charge in [0.2, 0.25) is 11.7 Å². The van der Waals surface area contributed by atoms with E-state index in [1.54, 1.807) is 6.92 Å². The van der Waals surface area contributed by atoms with Gasteiger partial charge in [-0.15, -0.1) is 0 Å². The molecule has 7 nitrogen and oxygen atoms in total. The maximum atomic E-state index is 12.8. The smallest absolute Gasteiger partial charge is 0.291 e. The van der Waals surface area contributed by atoms with Crippen LogP contribution in [0.4, 0.5) is 0 Å². The third kappa shape index (κ3) is 5.53. The summed E-state index contributed by atoms with van der Waals surface area (Å²) < 4.78 is 5.27. The quantitative estimate of drug-likeness (QED) is 0.713. The van der Waals surface area contributed by atoms with E-state index < -0.39 is 0 Å². The summed E-state index contributed by atoms with van der Waals surface area (Å²) in [5, 5.41) is 0. The fourth-order valence-electron chi connectivity index (χ4n) is 4.62. The van der Waals surface area contributed by atoms with Gasteiger partial charge in [-0.2, -0.15) is 0 Å². The Hall–Kier alpha value is -2.67. The van der Waals surface area contributed by atoms with Crippen molar-refractivity contribution in [1.29, 1.82) is 0 Å². The number of nitrogens with zero attached hydrogens (tertiary/aromatic N) is 4. The molecule has 0 aliphatic carbocycles. The van der Waals surface area contributed by atoms with Gasteiger partial charge in [-0.25, -0.2) is 4.98 Å². The molecule has 0 unspecified atom stereocenters. The highest BCUT2D eigenvalue weighted by molar-refractivity contribution is 5.92. The molecule has 0 N–H and O–H groups in total. The minimum absolute atomic E-state index is 0.0828. The van der Waals surface area contributed by atoms with Crippen molar-refractivity contribution < 1.29 is 14.0 Å². The molecule has 2 saturated heterocycles. The Bertz CT molecular complexity index is 874. The number of aryl methyl sites for hydroxylation is 1. The average Bonchev–Trinajstić information content (AvgIpc) is 3.24. The van der Waals surface area contributed by atoms with Gasteiger partial charge in [0.25, 0.3) is 5.91 Å². The van der Waals surface area contributed by atoms with Gasteiger partial charge in [0.1, 0.15) is 0 Å². The Balaban J connectivity index is 1.20. The van der Waals surface area contributed by atoms with Crippen LogP contribution in [-0.2, 0) is 11.3 Å². The SMILES string of the molecule is Cc1ncoc1C(=O)N1CCC[C@H](CCC(=O)N2CCN(Cc3ccccc3)CC2)C1. The first-order valence-electron chi connectivity index (χ1n) is 11.3. The molecule has 2 fully saturated rings. The number of hydrogen-bond donors (Lipinski definition) is 0. The topological polar surface area (TPSA) is 69.9 Å². The van der Waals surface area contributed by atoms with Gasteiger partial charge >= 0.3 is 0 Å². The largest absolute Gasteiger partial charge is 0.438 e. The van der Waals surface area contributed by atoms with E-state index in [9.17, 15) is 9.59 Å². The molecule has 0 spiro atoms. The Labute approximate surface area is 184 Å². The Morgan fingerprint density at radius 2 is 1.84 bits per heavy atom. The summed E-state index contributed by atoms with van der Waals surface area (Å²) in [5.41, 5.74) is 1.95. The number of piperazine rings is 1. The number of likely N-dealkylation sites (tertiary alicyclic amines) is 1. The lowest BCUT2D eigenvalue weighted by Gasteiger charge is -2.36. The van der Waals surface area contributed by atoms with Crippen LogP contribution in [0.15, 0.2) is 41.1 Å². The zero-order chi connectivity index (χ0) is 21.6. The van der Waals surface area contributed by atoms with Crippen molar-refractivity contribution >= 4 is 11.8 Å². The summed E-state index contributed by atoms with van der Waals surface area (Å²) in [6, 6.07) is 10.5. The molecule has 31 heavy (non-hydrogen) atoms. The van der Waals surface area contributed by atoms with E-state index in [0.29, 0.717) is 30.3 Å². The summed E-state index contributed by atoms with van der Waals surface area (Å²) in [6.45, 7) is 7.60. The molecule has 3 heterocycles. The zero-order valence-electron chi connectivity index (χ0n) is 18.3. The summed E-state index contributed by atoms with van der Waals surface area (Å²) in [7, 11) is 0. The van der Waals surface area contributed by atoms with E-state index in [0.717, 1.165) is 58.5 Å². The lowest BCUT2D eigenvalue weighted by molar-refractivity contribution is -0.133. The fourth-order valence-corrected chi connectivity index (χ4v) is 4.62. The first kappa shape index (κ1) is 21.6. The normalized spacial score (nSPS) is 20.1. The van der Waals surface area contributed by atoms with Gasteiger partial charge in [0.05, 0.1) is 5.69 Å². The van der Waals surface area contributed by atoms with Gasteiger partial charge in [0, 0.05) is 52.2 Å². The number of benzene rings is 1. The highest BCUT2D eigenvalue weighted by Gasteiger charge is 2.28. The van der Waals surface area contributed by atoms with Crippen molar-refractivity contribution in [2.24, 2.45) is 5.92 Å². The molecule has 0 radical (unpaired) electrons. The number of aromatic nitrogens is 1. The molecule has 0 bridgehead atoms. The standard InChI is InChI=1S/C24H32N4O3/c1-19-23(31-18-25-19)24(30)28-11-5-8-21(17-28)9-10-22(29)27-14-12-26(13-15-27)16-20-6-3-2-4-7-20/h2-4,6-7,18,21H,5,8-17H2,1H3/t21-/m1/s1. The molecule has 7 heteroatoms. The zero-order valence-corrected chi connectivity index (χ0v) is 18.3. The summed E-state index contributed by atoms with van der Waals surface area (Å²) in [5.74, 6) is 0.865. The summed E-state index contributed by atoms with van der Waals surface area (Å²) in [4.78, 5) is 35.7. The lowest BCUT2D eigenvalue weighted by atomic mass is 9.93. The number of carbonyl (C=O) groups excluding carboxylic acids is 2. The van der Waals surface area contributed by atoms with Gasteiger partial charge in [-0.05, 0) is 37.7 Å². The van der Waals surface area contributed by atoms with Crippen LogP contribution in [0, 0.1) is 12.8 Å². The Morgan fingerprint density at radius 1 is 1.06 bits per heavy atom. The molecule has 0 saturated carbocycles. The van der Waals surface area contributed by atoms with E-state index in [4.69, 9.17) is 4.42 Å². The Morgan fingerprint density at radius 3 is 2.55 bits per heavy atom. The highest BCUT2D eigenvalue weighted by Crippen LogP contribution is 2.24. The number of oxazole rings is 1. The second-order valence-corrected chi connectivity index (χ2v) is 8.71. The van der Waals surface area contributed by atoms with E-state index in [1.807, 2.05) is 15.9 Å². The van der Waals surface area contributed by atoms with Crippen LogP contribution in [0.3, 0.4) is 0 Å². The molecular formula is C24H32N4O3. The molecular weight excluding hydrogens is 392 g/mol.